The highest BCUT2D eigenvalue weighted by molar-refractivity contribution is 5.94. The van der Waals surface area contributed by atoms with Crippen LogP contribution in [0.25, 0.3) is 0 Å². The van der Waals surface area contributed by atoms with Crippen molar-refractivity contribution >= 4 is 17.6 Å². The lowest BCUT2D eigenvalue weighted by molar-refractivity contribution is -0.121. The number of esters is 1. The summed E-state index contributed by atoms with van der Waals surface area (Å²) in [6.07, 6.45) is 0. The number of methoxy groups -OCH3 is 2. The zero-order valence-electron chi connectivity index (χ0n) is 11.9. The molecule has 1 amide bonds. The number of carbonyl (C=O) groups is 2. The van der Waals surface area contributed by atoms with E-state index in [1.807, 2.05) is 0 Å². The number of amides is 1. The van der Waals surface area contributed by atoms with E-state index in [1.54, 1.807) is 32.2 Å². The number of hydrogen-bond donors (Lipinski definition) is 1. The molecular weight excluding hydrogens is 262 g/mol. The van der Waals surface area contributed by atoms with Crippen LogP contribution in [0.5, 0.6) is 0 Å². The number of anilines is 1. The summed E-state index contributed by atoms with van der Waals surface area (Å²) in [5.74, 6) is -0.663. The molecule has 1 rings (SSSR count). The topological polar surface area (TPSA) is 73.9 Å². The first-order valence-corrected chi connectivity index (χ1v) is 6.14. The normalized spacial score (nSPS) is 10.2. The van der Waals surface area contributed by atoms with Gasteiger partial charge >= 0.3 is 5.97 Å². The Labute approximate surface area is 118 Å². The molecule has 0 aliphatic carbocycles. The minimum absolute atomic E-state index is 0.0401. The van der Waals surface area contributed by atoms with Crippen LogP contribution in [-0.2, 0) is 19.0 Å². The van der Waals surface area contributed by atoms with Crippen LogP contribution in [0.3, 0.4) is 0 Å². The van der Waals surface area contributed by atoms with Crippen molar-refractivity contribution in [1.82, 2.24) is 0 Å². The van der Waals surface area contributed by atoms with E-state index in [2.05, 4.69) is 10.1 Å². The summed E-state index contributed by atoms with van der Waals surface area (Å²) in [5, 5.41) is 2.71. The molecule has 0 saturated carbocycles. The molecule has 6 heteroatoms. The number of aryl methyl sites for hydroxylation is 1. The van der Waals surface area contributed by atoms with Crippen LogP contribution in [-0.4, -0.2) is 45.9 Å². The number of hydrogen-bond acceptors (Lipinski definition) is 5. The van der Waals surface area contributed by atoms with Crippen molar-refractivity contribution in [3.05, 3.63) is 29.3 Å². The van der Waals surface area contributed by atoms with Crippen LogP contribution in [0.15, 0.2) is 18.2 Å². The molecule has 0 aliphatic rings. The molecule has 6 nitrogen and oxygen atoms in total. The number of ether oxygens (including phenoxy) is 3. The second kappa shape index (κ2) is 8.29. The summed E-state index contributed by atoms with van der Waals surface area (Å²) in [7, 11) is 2.89. The van der Waals surface area contributed by atoms with Crippen LogP contribution in [0.2, 0.25) is 0 Å². The Bertz CT molecular complexity index is 473. The molecule has 1 N–H and O–H groups in total. The molecule has 0 radical (unpaired) electrons. The molecule has 1 aromatic rings. The number of carbonyl (C=O) groups excluding carboxylic acids is 2. The van der Waals surface area contributed by atoms with E-state index < -0.39 is 5.97 Å². The Kier molecular flexibility index (Phi) is 6.69. The fraction of sp³-hybridized carbons (Fsp3) is 0.429. The summed E-state index contributed by atoms with van der Waals surface area (Å²) < 4.78 is 14.6. The van der Waals surface area contributed by atoms with Gasteiger partial charge in [-0.25, -0.2) is 4.79 Å². The van der Waals surface area contributed by atoms with Gasteiger partial charge in [0.1, 0.15) is 6.61 Å². The summed E-state index contributed by atoms with van der Waals surface area (Å²) in [4.78, 5) is 23.0. The Hall–Kier alpha value is -1.92. The third-order valence-corrected chi connectivity index (χ3v) is 2.59. The molecule has 20 heavy (non-hydrogen) atoms. The van der Waals surface area contributed by atoms with Gasteiger partial charge in [0.2, 0.25) is 5.91 Å². The predicted molar refractivity (Wildman–Crippen MR) is 73.8 cm³/mol. The van der Waals surface area contributed by atoms with Gasteiger partial charge in [0.05, 0.1) is 25.9 Å². The Morgan fingerprint density at radius 2 is 1.95 bits per heavy atom. The molecule has 1 aromatic carbocycles. The van der Waals surface area contributed by atoms with Crippen LogP contribution in [0, 0.1) is 6.92 Å². The van der Waals surface area contributed by atoms with Gasteiger partial charge in [-0.2, -0.15) is 0 Å². The average molecular weight is 281 g/mol. The van der Waals surface area contributed by atoms with Crippen molar-refractivity contribution in [3.63, 3.8) is 0 Å². The molecule has 0 aromatic heterocycles. The van der Waals surface area contributed by atoms with Crippen LogP contribution in [0.1, 0.15) is 15.9 Å². The third-order valence-electron chi connectivity index (χ3n) is 2.59. The second-order valence-electron chi connectivity index (χ2n) is 4.11. The van der Waals surface area contributed by atoms with Gasteiger partial charge in [0.15, 0.2) is 0 Å². The predicted octanol–water partition coefficient (Wildman–Crippen LogP) is 1.38. The van der Waals surface area contributed by atoms with Crippen molar-refractivity contribution in [2.24, 2.45) is 0 Å². The summed E-state index contributed by atoms with van der Waals surface area (Å²) >= 11 is 0. The quantitative estimate of drug-likeness (QED) is 0.604. The van der Waals surface area contributed by atoms with Gasteiger partial charge in [-0.15, -0.1) is 0 Å². The zero-order valence-corrected chi connectivity index (χ0v) is 11.9. The maximum Gasteiger partial charge on any atom is 0.337 e. The highest BCUT2D eigenvalue weighted by Crippen LogP contribution is 2.17. The second-order valence-corrected chi connectivity index (χ2v) is 4.11. The van der Waals surface area contributed by atoms with Gasteiger partial charge < -0.3 is 19.5 Å². The lowest BCUT2D eigenvalue weighted by atomic mass is 10.1. The van der Waals surface area contributed by atoms with E-state index in [4.69, 9.17) is 9.47 Å². The fourth-order valence-electron chi connectivity index (χ4n) is 1.54. The first kappa shape index (κ1) is 16.1. The molecule has 0 saturated heterocycles. The highest BCUT2D eigenvalue weighted by Gasteiger charge is 2.09. The van der Waals surface area contributed by atoms with Gasteiger partial charge in [-0.1, -0.05) is 0 Å². The molecule has 110 valence electrons. The Balaban J connectivity index is 2.55. The lowest BCUT2D eigenvalue weighted by Gasteiger charge is -2.10. The molecule has 0 atom stereocenters. The first-order chi connectivity index (χ1) is 9.58. The molecule has 0 bridgehead atoms. The highest BCUT2D eigenvalue weighted by atomic mass is 16.5. The van der Waals surface area contributed by atoms with E-state index in [0.717, 1.165) is 5.56 Å². The maximum absolute atomic E-state index is 11.6. The van der Waals surface area contributed by atoms with Gasteiger partial charge in [-0.05, 0) is 30.7 Å². The average Bonchev–Trinajstić information content (AvgIpc) is 2.45. The van der Waals surface area contributed by atoms with E-state index in [9.17, 15) is 9.59 Å². The SMILES string of the molecule is COCCOCC(=O)Nc1ccc(C(=O)OC)cc1C. The standard InChI is InChI=1S/C14H19NO5/c1-10-8-11(14(17)19-3)4-5-12(10)15-13(16)9-20-7-6-18-2/h4-5,8H,6-7,9H2,1-3H3,(H,15,16). The first-order valence-electron chi connectivity index (χ1n) is 6.14. The van der Waals surface area contributed by atoms with Crippen LogP contribution in [0.4, 0.5) is 5.69 Å². The molecule has 0 heterocycles. The maximum atomic E-state index is 11.6. The smallest absolute Gasteiger partial charge is 0.337 e. The largest absolute Gasteiger partial charge is 0.465 e. The van der Waals surface area contributed by atoms with Gasteiger partial charge in [0.25, 0.3) is 0 Å². The Morgan fingerprint density at radius 3 is 2.55 bits per heavy atom. The molecule has 0 fully saturated rings. The van der Waals surface area contributed by atoms with Crippen molar-refractivity contribution in [2.75, 3.05) is 39.4 Å². The number of benzene rings is 1. The van der Waals surface area contributed by atoms with Crippen LogP contribution < -0.4 is 5.32 Å². The fourth-order valence-corrected chi connectivity index (χ4v) is 1.54. The third kappa shape index (κ3) is 4.99. The minimum Gasteiger partial charge on any atom is -0.465 e. The van der Waals surface area contributed by atoms with E-state index in [1.165, 1.54) is 7.11 Å². The van der Waals surface area contributed by atoms with Crippen molar-refractivity contribution in [1.29, 1.82) is 0 Å². The van der Waals surface area contributed by atoms with E-state index >= 15 is 0 Å². The minimum atomic E-state index is -0.408. The number of rotatable bonds is 7. The monoisotopic (exact) mass is 281 g/mol. The van der Waals surface area contributed by atoms with E-state index in [0.29, 0.717) is 24.5 Å². The van der Waals surface area contributed by atoms with Crippen molar-refractivity contribution < 1.29 is 23.8 Å². The summed E-state index contributed by atoms with van der Waals surface area (Å²) in [6.45, 7) is 2.57. The number of nitrogens with one attached hydrogen (secondary N) is 1. The van der Waals surface area contributed by atoms with Crippen molar-refractivity contribution in [3.8, 4) is 0 Å². The molecular formula is C14H19NO5. The van der Waals surface area contributed by atoms with Crippen molar-refractivity contribution in [2.45, 2.75) is 6.92 Å². The summed E-state index contributed by atoms with van der Waals surface area (Å²) in [5.41, 5.74) is 1.86. The molecule has 0 aliphatic heterocycles. The van der Waals surface area contributed by atoms with Crippen LogP contribution >= 0.6 is 0 Å². The summed E-state index contributed by atoms with van der Waals surface area (Å²) in [6, 6.07) is 4.92. The Morgan fingerprint density at radius 1 is 1.20 bits per heavy atom. The molecule has 0 spiro atoms. The lowest BCUT2D eigenvalue weighted by Crippen LogP contribution is -2.20. The van der Waals surface area contributed by atoms with E-state index in [-0.39, 0.29) is 12.5 Å². The zero-order chi connectivity index (χ0) is 15.0. The van der Waals surface area contributed by atoms with Gasteiger partial charge in [0, 0.05) is 12.8 Å². The molecule has 0 unspecified atom stereocenters. The van der Waals surface area contributed by atoms with Gasteiger partial charge in [-0.3, -0.25) is 4.79 Å².